The Morgan fingerprint density at radius 1 is 1.03 bits per heavy atom. The lowest BCUT2D eigenvalue weighted by molar-refractivity contribution is -0.121. The van der Waals surface area contributed by atoms with Gasteiger partial charge in [0.1, 0.15) is 5.82 Å². The lowest BCUT2D eigenvalue weighted by atomic mass is 9.80. The van der Waals surface area contributed by atoms with Gasteiger partial charge >= 0.3 is 0 Å². The maximum Gasteiger partial charge on any atom is 0.249 e. The summed E-state index contributed by atoms with van der Waals surface area (Å²) in [5.74, 6) is -0.0415. The molecule has 0 spiro atoms. The topological polar surface area (TPSA) is 85.1 Å². The highest BCUT2D eigenvalue weighted by atomic mass is 19.1. The summed E-state index contributed by atoms with van der Waals surface area (Å²) in [4.78, 5) is 28.9. The van der Waals surface area contributed by atoms with Crippen LogP contribution < -0.4 is 11.1 Å². The summed E-state index contributed by atoms with van der Waals surface area (Å²) in [6, 6.07) is 16.0. The van der Waals surface area contributed by atoms with E-state index in [9.17, 15) is 14.0 Å². The zero-order valence-corrected chi connectivity index (χ0v) is 18.0. The summed E-state index contributed by atoms with van der Waals surface area (Å²) in [5.41, 5.74) is 8.42. The minimum absolute atomic E-state index is 0.0438. The van der Waals surface area contributed by atoms with Gasteiger partial charge in [0.25, 0.3) is 0 Å². The molecule has 5 nitrogen and oxygen atoms in total. The number of aromatic nitrogens is 1. The van der Waals surface area contributed by atoms with E-state index in [-0.39, 0.29) is 24.1 Å². The third-order valence-corrected chi connectivity index (χ3v) is 6.43. The molecule has 0 atom stereocenters. The van der Waals surface area contributed by atoms with Gasteiger partial charge in [-0.05, 0) is 61.8 Å². The number of benzene rings is 2. The number of fused-ring (bicyclic) bond motifs is 1. The van der Waals surface area contributed by atoms with Crippen molar-refractivity contribution in [1.29, 1.82) is 0 Å². The Labute approximate surface area is 187 Å². The van der Waals surface area contributed by atoms with E-state index in [0.717, 1.165) is 42.3 Å². The van der Waals surface area contributed by atoms with Gasteiger partial charge in [0.2, 0.25) is 11.8 Å². The number of hydrogen-bond donors (Lipinski definition) is 2. The molecular weight excluding hydrogens is 405 g/mol. The molecule has 1 heterocycles. The number of rotatable bonds is 7. The first-order chi connectivity index (χ1) is 15.5. The zero-order chi connectivity index (χ0) is 22.5. The van der Waals surface area contributed by atoms with Crippen LogP contribution in [0.5, 0.6) is 0 Å². The quantitative estimate of drug-likeness (QED) is 0.575. The first-order valence-corrected chi connectivity index (χ1v) is 11.2. The van der Waals surface area contributed by atoms with Crippen molar-refractivity contribution in [3.8, 4) is 0 Å². The van der Waals surface area contributed by atoms with Crippen LogP contribution in [0.1, 0.15) is 59.6 Å². The van der Waals surface area contributed by atoms with Crippen LogP contribution in [0, 0.1) is 11.7 Å². The molecule has 3 N–H and O–H groups in total. The van der Waals surface area contributed by atoms with Gasteiger partial charge in [-0.1, -0.05) is 36.4 Å². The Kier molecular flexibility index (Phi) is 6.78. The molecule has 3 aromatic rings. The van der Waals surface area contributed by atoms with Crippen molar-refractivity contribution in [2.75, 3.05) is 6.54 Å². The third-order valence-electron chi connectivity index (χ3n) is 6.43. The monoisotopic (exact) mass is 433 g/mol. The molecule has 2 aromatic carbocycles. The molecule has 166 valence electrons. The maximum absolute atomic E-state index is 13.7. The lowest BCUT2D eigenvalue weighted by Crippen LogP contribution is -2.31. The number of pyridine rings is 1. The molecule has 4 rings (SSSR count). The zero-order valence-electron chi connectivity index (χ0n) is 18.0. The molecule has 1 aliphatic carbocycles. The van der Waals surface area contributed by atoms with E-state index in [2.05, 4.69) is 5.32 Å². The number of hydrogen-bond acceptors (Lipinski definition) is 3. The number of amides is 2. The summed E-state index contributed by atoms with van der Waals surface area (Å²) in [6.45, 7) is 0.639. The first kappa shape index (κ1) is 21.9. The fourth-order valence-corrected chi connectivity index (χ4v) is 4.57. The van der Waals surface area contributed by atoms with E-state index in [4.69, 9.17) is 10.7 Å². The standard InChI is InChI=1S/C26H28FN3O2/c27-22-7-3-1-5-18(22)13-14-25(31)29-16-17-9-11-19(12-10-17)24-15-21(26(28)32)20-6-2-4-8-23(20)30-24/h1-8,15,17,19H,9-14,16H2,(H2,28,32)(H,29,31). The second kappa shape index (κ2) is 9.90. The molecule has 1 saturated carbocycles. The van der Waals surface area contributed by atoms with Crippen LogP contribution in [0.2, 0.25) is 0 Å². The van der Waals surface area contributed by atoms with Crippen molar-refractivity contribution in [3.05, 3.63) is 77.2 Å². The van der Waals surface area contributed by atoms with E-state index >= 15 is 0 Å². The SMILES string of the molecule is NC(=O)c1cc(C2CCC(CNC(=O)CCc3ccccc3F)CC2)nc2ccccc12. The molecule has 0 unspecified atom stereocenters. The second-order valence-corrected chi connectivity index (χ2v) is 8.59. The van der Waals surface area contributed by atoms with Gasteiger partial charge in [-0.2, -0.15) is 0 Å². The molecule has 0 bridgehead atoms. The van der Waals surface area contributed by atoms with Crippen LogP contribution in [0.25, 0.3) is 10.9 Å². The molecule has 0 saturated heterocycles. The van der Waals surface area contributed by atoms with E-state index < -0.39 is 5.91 Å². The normalized spacial score (nSPS) is 18.4. The number of carbonyl (C=O) groups is 2. The van der Waals surface area contributed by atoms with Crippen molar-refractivity contribution < 1.29 is 14.0 Å². The molecule has 1 fully saturated rings. The highest BCUT2D eigenvalue weighted by Gasteiger charge is 2.25. The molecule has 6 heteroatoms. The van der Waals surface area contributed by atoms with Crippen LogP contribution in [0.3, 0.4) is 0 Å². The van der Waals surface area contributed by atoms with Gasteiger partial charge < -0.3 is 11.1 Å². The van der Waals surface area contributed by atoms with Gasteiger partial charge in [-0.15, -0.1) is 0 Å². The Balaban J connectivity index is 1.29. The molecular formula is C26H28FN3O2. The predicted molar refractivity (Wildman–Crippen MR) is 123 cm³/mol. The highest BCUT2D eigenvalue weighted by Crippen LogP contribution is 2.36. The smallest absolute Gasteiger partial charge is 0.249 e. The molecule has 1 aromatic heterocycles. The van der Waals surface area contributed by atoms with E-state index in [1.807, 2.05) is 30.3 Å². The Hall–Kier alpha value is -3.28. The van der Waals surface area contributed by atoms with Crippen molar-refractivity contribution in [2.24, 2.45) is 11.7 Å². The number of halogens is 1. The average molecular weight is 434 g/mol. The largest absolute Gasteiger partial charge is 0.366 e. The van der Waals surface area contributed by atoms with Crippen molar-refractivity contribution in [1.82, 2.24) is 10.3 Å². The molecule has 1 aliphatic rings. The number of aryl methyl sites for hydroxylation is 1. The second-order valence-electron chi connectivity index (χ2n) is 8.59. The van der Waals surface area contributed by atoms with Gasteiger partial charge in [0, 0.05) is 30.0 Å². The van der Waals surface area contributed by atoms with Crippen molar-refractivity contribution in [3.63, 3.8) is 0 Å². The Morgan fingerprint density at radius 3 is 2.50 bits per heavy atom. The van der Waals surface area contributed by atoms with Gasteiger partial charge in [0.05, 0.1) is 11.1 Å². The fraction of sp³-hybridized carbons (Fsp3) is 0.346. The van der Waals surface area contributed by atoms with E-state index in [1.165, 1.54) is 6.07 Å². The van der Waals surface area contributed by atoms with Crippen LogP contribution in [0.15, 0.2) is 54.6 Å². The fourth-order valence-electron chi connectivity index (χ4n) is 4.57. The van der Waals surface area contributed by atoms with Crippen molar-refractivity contribution >= 4 is 22.7 Å². The highest BCUT2D eigenvalue weighted by molar-refractivity contribution is 6.05. The van der Waals surface area contributed by atoms with Crippen LogP contribution in [-0.2, 0) is 11.2 Å². The van der Waals surface area contributed by atoms with Crippen LogP contribution in [-0.4, -0.2) is 23.3 Å². The number of carbonyl (C=O) groups excluding carboxylic acids is 2. The van der Waals surface area contributed by atoms with Crippen LogP contribution in [0.4, 0.5) is 4.39 Å². The molecule has 0 aliphatic heterocycles. The average Bonchev–Trinajstić information content (AvgIpc) is 2.81. The first-order valence-electron chi connectivity index (χ1n) is 11.2. The van der Waals surface area contributed by atoms with Gasteiger partial charge in [-0.25, -0.2) is 4.39 Å². The third kappa shape index (κ3) is 5.13. The molecule has 2 amide bonds. The van der Waals surface area contributed by atoms with Crippen molar-refractivity contribution in [2.45, 2.75) is 44.4 Å². The van der Waals surface area contributed by atoms with E-state index in [1.54, 1.807) is 18.2 Å². The Bertz CT molecular complexity index is 1120. The number of nitrogens with zero attached hydrogens (tertiary/aromatic N) is 1. The maximum atomic E-state index is 13.7. The summed E-state index contributed by atoms with van der Waals surface area (Å²) in [6.07, 6.45) is 4.57. The number of nitrogens with two attached hydrogens (primary N) is 1. The molecule has 0 radical (unpaired) electrons. The van der Waals surface area contributed by atoms with Gasteiger partial charge in [0.15, 0.2) is 0 Å². The number of primary amides is 1. The summed E-state index contributed by atoms with van der Waals surface area (Å²) < 4.78 is 13.7. The summed E-state index contributed by atoms with van der Waals surface area (Å²) in [7, 11) is 0. The summed E-state index contributed by atoms with van der Waals surface area (Å²) >= 11 is 0. The summed E-state index contributed by atoms with van der Waals surface area (Å²) in [5, 5.41) is 3.79. The number of nitrogens with one attached hydrogen (secondary N) is 1. The Morgan fingerprint density at radius 2 is 1.75 bits per heavy atom. The lowest BCUT2D eigenvalue weighted by Gasteiger charge is -2.28. The van der Waals surface area contributed by atoms with E-state index in [0.29, 0.717) is 30.0 Å². The van der Waals surface area contributed by atoms with Crippen LogP contribution >= 0.6 is 0 Å². The minimum Gasteiger partial charge on any atom is -0.366 e. The number of para-hydroxylation sites is 1. The predicted octanol–water partition coefficient (Wildman–Crippen LogP) is 4.50. The molecule has 32 heavy (non-hydrogen) atoms. The van der Waals surface area contributed by atoms with Gasteiger partial charge in [-0.3, -0.25) is 14.6 Å². The minimum atomic E-state index is -0.434.